The Kier molecular flexibility index (Phi) is 6.89. The lowest BCUT2D eigenvalue weighted by Crippen LogP contribution is -2.48. The number of nitrogens with zero attached hydrogens (tertiary/aromatic N) is 2. The van der Waals surface area contributed by atoms with Gasteiger partial charge in [-0.3, -0.25) is 9.69 Å². The van der Waals surface area contributed by atoms with Crippen molar-refractivity contribution in [3.8, 4) is 11.5 Å². The highest BCUT2D eigenvalue weighted by molar-refractivity contribution is 7.12. The number of hydrogen-bond acceptors (Lipinski definition) is 5. The Bertz CT molecular complexity index is 1010. The largest absolute Gasteiger partial charge is 0.493 e. The minimum Gasteiger partial charge on any atom is -0.493 e. The number of carbonyl (C=O) groups is 1. The molecule has 6 heteroatoms. The van der Waals surface area contributed by atoms with Crippen molar-refractivity contribution in [3.63, 3.8) is 0 Å². The quantitative estimate of drug-likeness (QED) is 0.543. The molecule has 1 aliphatic rings. The molecule has 1 fully saturated rings. The van der Waals surface area contributed by atoms with Crippen LogP contribution in [0.5, 0.6) is 11.5 Å². The summed E-state index contributed by atoms with van der Waals surface area (Å²) in [5.74, 6) is 1.52. The molecule has 1 aromatic heterocycles. The predicted molar refractivity (Wildman–Crippen MR) is 124 cm³/mol. The second-order valence-electron chi connectivity index (χ2n) is 7.81. The zero-order valence-electron chi connectivity index (χ0n) is 18.0. The topological polar surface area (TPSA) is 42.0 Å². The average Bonchev–Trinajstić information content (AvgIpc) is 3.28. The number of hydrogen-bond donors (Lipinski definition) is 0. The molecule has 4 rings (SSSR count). The van der Waals surface area contributed by atoms with E-state index in [4.69, 9.17) is 9.47 Å². The normalized spacial score (nSPS) is 14.5. The number of ether oxygens (including phenoxy) is 2. The molecule has 0 N–H and O–H groups in total. The number of amides is 1. The number of thiophene rings is 1. The fraction of sp³-hybridized carbons (Fsp3) is 0.320. The molecule has 0 atom stereocenters. The van der Waals surface area contributed by atoms with Gasteiger partial charge >= 0.3 is 0 Å². The van der Waals surface area contributed by atoms with Crippen molar-refractivity contribution in [1.29, 1.82) is 0 Å². The van der Waals surface area contributed by atoms with Crippen molar-refractivity contribution in [2.24, 2.45) is 0 Å². The maximum Gasteiger partial charge on any atom is 0.264 e. The van der Waals surface area contributed by atoms with Crippen LogP contribution in [0.4, 0.5) is 0 Å². The molecule has 5 nitrogen and oxygen atoms in total. The monoisotopic (exact) mass is 436 g/mol. The summed E-state index contributed by atoms with van der Waals surface area (Å²) >= 11 is 1.49. The molecule has 2 aromatic carbocycles. The van der Waals surface area contributed by atoms with E-state index in [0.717, 1.165) is 43.2 Å². The molecule has 162 valence electrons. The molecule has 1 saturated heterocycles. The van der Waals surface area contributed by atoms with Crippen LogP contribution in [0.2, 0.25) is 0 Å². The van der Waals surface area contributed by atoms with Gasteiger partial charge in [-0.25, -0.2) is 0 Å². The van der Waals surface area contributed by atoms with Crippen molar-refractivity contribution in [1.82, 2.24) is 9.80 Å². The lowest BCUT2D eigenvalue weighted by Gasteiger charge is -2.34. The van der Waals surface area contributed by atoms with E-state index < -0.39 is 0 Å². The number of piperazine rings is 1. The predicted octanol–water partition coefficient (Wildman–Crippen LogP) is 4.60. The zero-order chi connectivity index (χ0) is 21.6. The first-order chi connectivity index (χ1) is 15.1. The van der Waals surface area contributed by atoms with Gasteiger partial charge in [-0.2, -0.15) is 0 Å². The van der Waals surface area contributed by atoms with Crippen molar-refractivity contribution in [2.45, 2.75) is 20.1 Å². The summed E-state index contributed by atoms with van der Waals surface area (Å²) in [7, 11) is 1.63. The number of para-hydroxylation sites is 2. The highest BCUT2D eigenvalue weighted by atomic mass is 32.1. The highest BCUT2D eigenvalue weighted by Crippen LogP contribution is 2.27. The smallest absolute Gasteiger partial charge is 0.264 e. The van der Waals surface area contributed by atoms with Gasteiger partial charge in [0.1, 0.15) is 6.61 Å². The van der Waals surface area contributed by atoms with Gasteiger partial charge in [0.2, 0.25) is 0 Å². The molecule has 31 heavy (non-hydrogen) atoms. The van der Waals surface area contributed by atoms with E-state index in [2.05, 4.69) is 36.1 Å². The minimum atomic E-state index is 0.114. The number of benzene rings is 2. The molecule has 1 aliphatic heterocycles. The third-order valence-electron chi connectivity index (χ3n) is 5.51. The van der Waals surface area contributed by atoms with Crippen LogP contribution in [0.25, 0.3) is 0 Å². The summed E-state index contributed by atoms with van der Waals surface area (Å²) in [5.41, 5.74) is 3.60. The summed E-state index contributed by atoms with van der Waals surface area (Å²) in [5, 5.41) is 2.00. The van der Waals surface area contributed by atoms with Crippen LogP contribution in [-0.4, -0.2) is 49.0 Å². The summed E-state index contributed by atoms with van der Waals surface area (Å²) in [6, 6.07) is 18.2. The summed E-state index contributed by atoms with van der Waals surface area (Å²) in [4.78, 5) is 18.1. The lowest BCUT2D eigenvalue weighted by atomic mass is 10.1. The second kappa shape index (κ2) is 9.98. The van der Waals surface area contributed by atoms with E-state index in [1.807, 2.05) is 40.6 Å². The third kappa shape index (κ3) is 5.46. The van der Waals surface area contributed by atoms with Crippen LogP contribution in [0.1, 0.15) is 26.4 Å². The maximum atomic E-state index is 12.9. The Labute approximate surface area is 187 Å². The van der Waals surface area contributed by atoms with Gasteiger partial charge in [0.05, 0.1) is 12.0 Å². The molecule has 3 aromatic rings. The first-order valence-electron chi connectivity index (χ1n) is 10.5. The van der Waals surface area contributed by atoms with Crippen LogP contribution in [0.3, 0.4) is 0 Å². The van der Waals surface area contributed by atoms with E-state index >= 15 is 0 Å². The molecule has 0 unspecified atom stereocenters. The number of carbonyl (C=O) groups excluding carboxylic acids is 1. The van der Waals surface area contributed by atoms with E-state index in [1.165, 1.54) is 22.5 Å². The van der Waals surface area contributed by atoms with Gasteiger partial charge in [0.25, 0.3) is 5.91 Å². The van der Waals surface area contributed by atoms with Gasteiger partial charge in [0.15, 0.2) is 11.5 Å². The summed E-state index contributed by atoms with van der Waals surface area (Å²) in [6.45, 7) is 6.77. The Hall–Kier alpha value is -2.83. The zero-order valence-corrected chi connectivity index (χ0v) is 18.9. The third-order valence-corrected chi connectivity index (χ3v) is 6.48. The van der Waals surface area contributed by atoms with Crippen LogP contribution < -0.4 is 9.47 Å². The lowest BCUT2D eigenvalue weighted by molar-refractivity contribution is 0.0633. The van der Waals surface area contributed by atoms with Gasteiger partial charge in [-0.1, -0.05) is 42.0 Å². The molecule has 0 saturated carbocycles. The molecular weight excluding hydrogens is 408 g/mol. The van der Waals surface area contributed by atoms with E-state index in [-0.39, 0.29) is 5.91 Å². The van der Waals surface area contributed by atoms with Crippen LogP contribution in [-0.2, 0) is 13.2 Å². The number of methoxy groups -OCH3 is 1. The van der Waals surface area contributed by atoms with Gasteiger partial charge in [0, 0.05) is 38.3 Å². The van der Waals surface area contributed by atoms with Crippen LogP contribution in [0, 0.1) is 6.92 Å². The average molecular weight is 437 g/mol. The second-order valence-corrected chi connectivity index (χ2v) is 8.72. The maximum absolute atomic E-state index is 12.9. The van der Waals surface area contributed by atoms with Crippen molar-refractivity contribution < 1.29 is 14.3 Å². The molecule has 0 bridgehead atoms. The Morgan fingerprint density at radius 3 is 2.39 bits per heavy atom. The van der Waals surface area contributed by atoms with Crippen molar-refractivity contribution >= 4 is 17.2 Å². The fourth-order valence-corrected chi connectivity index (χ4v) is 4.54. The Morgan fingerprint density at radius 2 is 1.68 bits per heavy atom. The van der Waals surface area contributed by atoms with Crippen LogP contribution in [0.15, 0.2) is 60.0 Å². The van der Waals surface area contributed by atoms with E-state index in [1.54, 1.807) is 7.11 Å². The Morgan fingerprint density at radius 1 is 0.968 bits per heavy atom. The van der Waals surface area contributed by atoms with Gasteiger partial charge in [-0.15, -0.1) is 11.3 Å². The molecule has 0 radical (unpaired) electrons. The van der Waals surface area contributed by atoms with Crippen molar-refractivity contribution in [2.75, 3.05) is 33.3 Å². The molecule has 1 amide bonds. The van der Waals surface area contributed by atoms with Gasteiger partial charge < -0.3 is 14.4 Å². The first kappa shape index (κ1) is 21.4. The van der Waals surface area contributed by atoms with Crippen LogP contribution >= 0.6 is 11.3 Å². The highest BCUT2D eigenvalue weighted by Gasteiger charge is 2.23. The standard InChI is InChI=1S/C25H28N2O3S/c1-19-7-9-20(10-8-19)16-26-11-13-27(14-12-26)25(28)24-15-21(18-31-24)17-30-23-6-4-3-5-22(23)29-2/h3-10,15,18H,11-14,16-17H2,1-2H3. The molecule has 0 spiro atoms. The molecular formula is C25H28N2O3S. The summed E-state index contributed by atoms with van der Waals surface area (Å²) in [6.07, 6.45) is 0. The molecule has 2 heterocycles. The minimum absolute atomic E-state index is 0.114. The first-order valence-corrected chi connectivity index (χ1v) is 11.4. The Balaban J connectivity index is 1.28. The van der Waals surface area contributed by atoms with Gasteiger partial charge in [-0.05, 0) is 36.1 Å². The fourth-order valence-electron chi connectivity index (χ4n) is 3.68. The number of rotatable bonds is 7. The van der Waals surface area contributed by atoms with E-state index in [9.17, 15) is 4.79 Å². The summed E-state index contributed by atoms with van der Waals surface area (Å²) < 4.78 is 11.2. The SMILES string of the molecule is COc1ccccc1OCc1csc(C(=O)N2CCN(Cc3ccc(C)cc3)CC2)c1. The molecule has 0 aliphatic carbocycles. The van der Waals surface area contributed by atoms with E-state index in [0.29, 0.717) is 18.1 Å². The van der Waals surface area contributed by atoms with Crippen molar-refractivity contribution in [3.05, 3.63) is 81.5 Å². The number of aryl methyl sites for hydroxylation is 1.